The Kier molecular flexibility index (Phi) is 7.63. The number of carbonyl (C=O) groups is 1. The number of nitrogens with one attached hydrogen (secondary N) is 1. The Morgan fingerprint density at radius 1 is 1.03 bits per heavy atom. The van der Waals surface area contributed by atoms with Crippen molar-refractivity contribution in [2.45, 2.75) is 37.2 Å². The molecule has 0 aliphatic carbocycles. The molecule has 1 amide bonds. The molecule has 0 unspecified atom stereocenters. The van der Waals surface area contributed by atoms with Gasteiger partial charge in [-0.3, -0.25) is 9.10 Å². The second-order valence-electron chi connectivity index (χ2n) is 9.70. The highest BCUT2D eigenvalue weighted by atomic mass is 32.2. The second kappa shape index (κ2) is 10.7. The van der Waals surface area contributed by atoms with Crippen molar-refractivity contribution in [2.75, 3.05) is 31.1 Å². The van der Waals surface area contributed by atoms with Gasteiger partial charge in [-0.25, -0.2) is 8.42 Å². The smallest absolute Gasteiger partial charge is 0.264 e. The predicted octanol–water partition coefficient (Wildman–Crippen LogP) is 4.14. The molecule has 0 saturated heterocycles. The number of hydrogen-bond donors (Lipinski definition) is 1. The normalized spacial score (nSPS) is 15.4. The SMILES string of the molecule is COc1ccc(OCCNC(=O)[C@@H]2CN(S(=O)(=O)c3ccccc3)c3cc(C(C)(C)C)ccc3O2)cc1. The molecule has 4 rings (SSSR count). The zero-order chi connectivity index (χ0) is 26.6. The van der Waals surface area contributed by atoms with Crippen molar-refractivity contribution in [1.29, 1.82) is 0 Å². The number of carbonyl (C=O) groups excluding carboxylic acids is 1. The maximum atomic E-state index is 13.7. The fourth-order valence-electron chi connectivity index (χ4n) is 3.93. The molecule has 1 N–H and O–H groups in total. The number of hydrogen-bond acceptors (Lipinski definition) is 6. The largest absolute Gasteiger partial charge is 0.497 e. The van der Waals surface area contributed by atoms with Gasteiger partial charge in [0.25, 0.3) is 15.9 Å². The average molecular weight is 525 g/mol. The molecule has 9 heteroatoms. The van der Waals surface area contributed by atoms with Gasteiger partial charge < -0.3 is 19.5 Å². The van der Waals surface area contributed by atoms with Gasteiger partial charge in [0.2, 0.25) is 0 Å². The van der Waals surface area contributed by atoms with Crippen LogP contribution in [0.3, 0.4) is 0 Å². The van der Waals surface area contributed by atoms with E-state index in [4.69, 9.17) is 14.2 Å². The van der Waals surface area contributed by atoms with Gasteiger partial charge in [0, 0.05) is 0 Å². The Morgan fingerprint density at radius 3 is 2.35 bits per heavy atom. The van der Waals surface area contributed by atoms with Crippen molar-refractivity contribution < 1.29 is 27.4 Å². The third-order valence-electron chi connectivity index (χ3n) is 6.05. The van der Waals surface area contributed by atoms with Gasteiger partial charge in [-0.05, 0) is 59.5 Å². The van der Waals surface area contributed by atoms with Crippen LogP contribution in [0.1, 0.15) is 26.3 Å². The summed E-state index contributed by atoms with van der Waals surface area (Å²) in [5.74, 6) is 1.29. The van der Waals surface area contributed by atoms with E-state index in [1.807, 2.05) is 12.1 Å². The summed E-state index contributed by atoms with van der Waals surface area (Å²) in [6.45, 7) is 6.48. The Labute approximate surface area is 218 Å². The van der Waals surface area contributed by atoms with Crippen molar-refractivity contribution in [3.63, 3.8) is 0 Å². The van der Waals surface area contributed by atoms with Crippen molar-refractivity contribution in [2.24, 2.45) is 0 Å². The number of nitrogens with zero attached hydrogens (tertiary/aromatic N) is 1. The van der Waals surface area contributed by atoms with E-state index >= 15 is 0 Å². The van der Waals surface area contributed by atoms with Crippen molar-refractivity contribution in [3.05, 3.63) is 78.4 Å². The number of amides is 1. The minimum atomic E-state index is -3.93. The summed E-state index contributed by atoms with van der Waals surface area (Å²) in [5, 5.41) is 2.79. The van der Waals surface area contributed by atoms with Crippen LogP contribution in [0.4, 0.5) is 5.69 Å². The van der Waals surface area contributed by atoms with Gasteiger partial charge >= 0.3 is 0 Å². The van der Waals surface area contributed by atoms with Crippen LogP contribution < -0.4 is 23.8 Å². The van der Waals surface area contributed by atoms with E-state index in [0.29, 0.717) is 17.2 Å². The molecule has 0 radical (unpaired) electrons. The molecule has 1 aliphatic heterocycles. The molecule has 0 bridgehead atoms. The van der Waals surface area contributed by atoms with E-state index in [9.17, 15) is 13.2 Å². The second-order valence-corrected chi connectivity index (χ2v) is 11.6. The molecule has 3 aromatic rings. The highest BCUT2D eigenvalue weighted by Gasteiger charge is 2.38. The molecule has 1 atom stereocenters. The molecule has 1 aliphatic rings. The van der Waals surface area contributed by atoms with Crippen LogP contribution in [0.25, 0.3) is 0 Å². The minimum Gasteiger partial charge on any atom is -0.497 e. The monoisotopic (exact) mass is 524 g/mol. The van der Waals surface area contributed by atoms with Gasteiger partial charge in [0.05, 0.1) is 30.8 Å². The third kappa shape index (κ3) is 5.99. The van der Waals surface area contributed by atoms with E-state index in [-0.39, 0.29) is 30.0 Å². The van der Waals surface area contributed by atoms with Crippen LogP contribution in [0, 0.1) is 0 Å². The molecule has 0 fully saturated rings. The molecule has 8 nitrogen and oxygen atoms in total. The molecule has 196 valence electrons. The minimum absolute atomic E-state index is 0.149. The van der Waals surface area contributed by atoms with Crippen molar-refractivity contribution in [3.8, 4) is 17.2 Å². The Morgan fingerprint density at radius 2 is 1.70 bits per heavy atom. The van der Waals surface area contributed by atoms with Crippen LogP contribution in [-0.2, 0) is 20.2 Å². The van der Waals surface area contributed by atoms with Gasteiger partial charge in [0.15, 0.2) is 6.10 Å². The van der Waals surface area contributed by atoms with E-state index in [0.717, 1.165) is 11.3 Å². The molecular formula is C28H32N2O6S. The molecule has 1 heterocycles. The number of anilines is 1. The zero-order valence-electron chi connectivity index (χ0n) is 21.4. The van der Waals surface area contributed by atoms with Crippen molar-refractivity contribution >= 4 is 21.6 Å². The molecule has 3 aromatic carbocycles. The number of methoxy groups -OCH3 is 1. The summed E-state index contributed by atoms with van der Waals surface area (Å²) < 4.78 is 45.4. The highest BCUT2D eigenvalue weighted by molar-refractivity contribution is 7.92. The quantitative estimate of drug-likeness (QED) is 0.445. The fraction of sp³-hybridized carbons (Fsp3) is 0.321. The van der Waals surface area contributed by atoms with Gasteiger partial charge in [-0.2, -0.15) is 0 Å². The first-order valence-electron chi connectivity index (χ1n) is 12.0. The van der Waals surface area contributed by atoms with Crippen LogP contribution in [0.5, 0.6) is 17.2 Å². The van der Waals surface area contributed by atoms with Crippen LogP contribution in [-0.4, -0.2) is 47.2 Å². The van der Waals surface area contributed by atoms with E-state index in [2.05, 4.69) is 26.1 Å². The Balaban J connectivity index is 1.51. The highest BCUT2D eigenvalue weighted by Crippen LogP contribution is 2.40. The van der Waals surface area contributed by atoms with E-state index < -0.39 is 22.0 Å². The standard InChI is InChI=1S/C28H32N2O6S/c1-28(2,3)20-10-15-25-24(18-20)30(37(32,33)23-8-6-5-7-9-23)19-26(36-25)27(31)29-16-17-35-22-13-11-21(34-4)12-14-22/h5-15,18,26H,16-17,19H2,1-4H3,(H,29,31)/t26-/m0/s1. The lowest BCUT2D eigenvalue weighted by Gasteiger charge is -2.36. The van der Waals surface area contributed by atoms with Gasteiger partial charge in [-0.15, -0.1) is 0 Å². The predicted molar refractivity (Wildman–Crippen MR) is 142 cm³/mol. The number of sulfonamides is 1. The Hall–Kier alpha value is -3.72. The van der Waals surface area contributed by atoms with E-state index in [1.54, 1.807) is 67.8 Å². The first-order chi connectivity index (χ1) is 17.6. The summed E-state index contributed by atoms with van der Waals surface area (Å²) in [6.07, 6.45) is -1.02. The first kappa shape index (κ1) is 26.3. The number of rotatable bonds is 8. The van der Waals surface area contributed by atoms with Crippen LogP contribution in [0.15, 0.2) is 77.7 Å². The lowest BCUT2D eigenvalue weighted by molar-refractivity contribution is -0.127. The lowest BCUT2D eigenvalue weighted by atomic mass is 9.86. The summed E-state index contributed by atoms with van der Waals surface area (Å²) in [4.78, 5) is 13.2. The van der Waals surface area contributed by atoms with Gasteiger partial charge in [0.1, 0.15) is 23.9 Å². The van der Waals surface area contributed by atoms with Crippen molar-refractivity contribution in [1.82, 2.24) is 5.32 Å². The number of ether oxygens (including phenoxy) is 3. The number of benzene rings is 3. The first-order valence-corrected chi connectivity index (χ1v) is 13.5. The summed E-state index contributed by atoms with van der Waals surface area (Å²) in [5.41, 5.74) is 1.18. The molecule has 0 spiro atoms. The third-order valence-corrected chi connectivity index (χ3v) is 7.84. The zero-order valence-corrected chi connectivity index (χ0v) is 22.2. The summed E-state index contributed by atoms with van der Waals surface area (Å²) in [7, 11) is -2.34. The number of fused-ring (bicyclic) bond motifs is 1. The topological polar surface area (TPSA) is 94.2 Å². The lowest BCUT2D eigenvalue weighted by Crippen LogP contribution is -2.51. The molecular weight excluding hydrogens is 492 g/mol. The molecule has 37 heavy (non-hydrogen) atoms. The summed E-state index contributed by atoms with van der Waals surface area (Å²) in [6, 6.07) is 20.8. The maximum absolute atomic E-state index is 13.7. The molecule has 0 aromatic heterocycles. The maximum Gasteiger partial charge on any atom is 0.264 e. The van der Waals surface area contributed by atoms with E-state index in [1.165, 1.54) is 4.31 Å². The average Bonchev–Trinajstić information content (AvgIpc) is 2.90. The molecule has 0 saturated carbocycles. The van der Waals surface area contributed by atoms with Crippen LogP contribution >= 0.6 is 0 Å². The van der Waals surface area contributed by atoms with Crippen LogP contribution in [0.2, 0.25) is 0 Å². The van der Waals surface area contributed by atoms with Gasteiger partial charge in [-0.1, -0.05) is 45.0 Å². The fourth-order valence-corrected chi connectivity index (χ4v) is 5.42. The Bertz CT molecular complexity index is 1340. The summed E-state index contributed by atoms with van der Waals surface area (Å²) >= 11 is 0.